The lowest BCUT2D eigenvalue weighted by Crippen LogP contribution is -2.42. The summed E-state index contributed by atoms with van der Waals surface area (Å²) in [4.78, 5) is 20.5. The van der Waals surface area contributed by atoms with Crippen LogP contribution >= 0.6 is 22.6 Å². The largest absolute Gasteiger partial charge is 0.465 e. The topological polar surface area (TPSA) is 78.5 Å². The van der Waals surface area contributed by atoms with Gasteiger partial charge in [-0.3, -0.25) is 4.90 Å². The molecule has 0 aromatic carbocycles. The summed E-state index contributed by atoms with van der Waals surface area (Å²) in [6.07, 6.45) is 1.66. The fraction of sp³-hybridized carbons (Fsp3) is 0.733. The second-order valence-corrected chi connectivity index (χ2v) is 13.6. The SMILES string of the molecule is CC(C)(C)[Si](C)(C)OC[C@H]1C[C@@H](c2nc(I)c[nH]2)N(C(=O)O)C1. The van der Waals surface area contributed by atoms with Gasteiger partial charge >= 0.3 is 6.09 Å². The van der Waals surface area contributed by atoms with Gasteiger partial charge in [0.15, 0.2) is 8.32 Å². The lowest BCUT2D eigenvalue weighted by atomic mass is 10.1. The third kappa shape index (κ3) is 4.27. The van der Waals surface area contributed by atoms with E-state index in [0.717, 1.165) is 15.9 Å². The Hall–Kier alpha value is -0.613. The molecule has 1 aliphatic heterocycles. The van der Waals surface area contributed by atoms with Crippen molar-refractivity contribution in [1.29, 1.82) is 0 Å². The third-order valence-electron chi connectivity index (χ3n) is 5.00. The molecule has 1 aliphatic rings. The van der Waals surface area contributed by atoms with Gasteiger partial charge in [0.25, 0.3) is 0 Å². The number of H-pyrrole nitrogens is 1. The molecule has 0 radical (unpaired) electrons. The number of likely N-dealkylation sites (tertiary alicyclic amines) is 1. The molecule has 8 heteroatoms. The van der Waals surface area contributed by atoms with Gasteiger partial charge in [0, 0.05) is 25.3 Å². The van der Waals surface area contributed by atoms with E-state index in [-0.39, 0.29) is 17.0 Å². The molecule has 6 nitrogen and oxygen atoms in total. The van der Waals surface area contributed by atoms with Crippen LogP contribution in [0.5, 0.6) is 0 Å². The van der Waals surface area contributed by atoms with E-state index in [0.29, 0.717) is 13.2 Å². The minimum Gasteiger partial charge on any atom is -0.465 e. The fourth-order valence-corrected chi connectivity index (χ4v) is 4.04. The Kier molecular flexibility index (Phi) is 5.46. The van der Waals surface area contributed by atoms with Gasteiger partial charge in [-0.2, -0.15) is 0 Å². The summed E-state index contributed by atoms with van der Waals surface area (Å²) in [5.74, 6) is 0.944. The first-order chi connectivity index (χ1) is 10.5. The number of halogens is 1. The molecule has 0 spiro atoms. The van der Waals surface area contributed by atoms with Crippen molar-refractivity contribution in [2.75, 3.05) is 13.2 Å². The first kappa shape index (κ1) is 18.7. The summed E-state index contributed by atoms with van der Waals surface area (Å²) in [6.45, 7) is 12.2. The summed E-state index contributed by atoms with van der Waals surface area (Å²) in [5, 5.41) is 9.64. The number of carboxylic acid groups (broad SMARTS) is 1. The molecule has 2 atom stereocenters. The number of hydrogen-bond donors (Lipinski definition) is 2. The van der Waals surface area contributed by atoms with Crippen LogP contribution in [0, 0.1) is 9.62 Å². The van der Waals surface area contributed by atoms with Gasteiger partial charge in [-0.1, -0.05) is 20.8 Å². The van der Waals surface area contributed by atoms with Crippen molar-refractivity contribution in [2.24, 2.45) is 5.92 Å². The standard InChI is InChI=1S/C15H26IN3O3Si/c1-15(2,3)23(4,5)22-9-10-6-11(19(8-10)14(20)21)13-17-7-12(16)18-13/h7,10-11H,6,8-9H2,1-5H3,(H,17,18)(H,20,21)/t10-,11-/m0/s1. The summed E-state index contributed by atoms with van der Waals surface area (Å²) >= 11 is 2.13. The van der Waals surface area contributed by atoms with E-state index in [1.54, 1.807) is 6.20 Å². The quantitative estimate of drug-likeness (QED) is 0.534. The van der Waals surface area contributed by atoms with Crippen LogP contribution < -0.4 is 0 Å². The summed E-state index contributed by atoms with van der Waals surface area (Å²) in [6, 6.07) is -0.205. The summed E-state index contributed by atoms with van der Waals surface area (Å²) in [5.41, 5.74) is 0. The molecule has 1 saturated heterocycles. The maximum absolute atomic E-state index is 11.5. The Morgan fingerprint density at radius 1 is 1.57 bits per heavy atom. The number of rotatable bonds is 4. The highest BCUT2D eigenvalue weighted by molar-refractivity contribution is 14.1. The Morgan fingerprint density at radius 3 is 2.70 bits per heavy atom. The van der Waals surface area contributed by atoms with Crippen LogP contribution in [-0.4, -0.2) is 47.5 Å². The molecule has 0 saturated carbocycles. The van der Waals surface area contributed by atoms with Gasteiger partial charge < -0.3 is 14.5 Å². The average Bonchev–Trinajstić information content (AvgIpc) is 3.01. The molecule has 1 amide bonds. The zero-order valence-corrected chi connectivity index (χ0v) is 17.5. The number of amides is 1. The smallest absolute Gasteiger partial charge is 0.407 e. The third-order valence-corrected chi connectivity index (χ3v) is 10.1. The zero-order chi connectivity index (χ0) is 17.4. The maximum Gasteiger partial charge on any atom is 0.407 e. The Bertz CT molecular complexity index is 571. The zero-order valence-electron chi connectivity index (χ0n) is 14.4. The van der Waals surface area contributed by atoms with E-state index in [1.165, 1.54) is 4.90 Å². The van der Waals surface area contributed by atoms with Crippen molar-refractivity contribution in [3.8, 4) is 0 Å². The van der Waals surface area contributed by atoms with E-state index in [9.17, 15) is 9.90 Å². The molecule has 2 heterocycles. The van der Waals surface area contributed by atoms with E-state index < -0.39 is 14.4 Å². The highest BCUT2D eigenvalue weighted by Crippen LogP contribution is 2.39. The van der Waals surface area contributed by atoms with Crippen LogP contribution in [0.15, 0.2) is 6.20 Å². The van der Waals surface area contributed by atoms with Crippen molar-refractivity contribution >= 4 is 37.0 Å². The van der Waals surface area contributed by atoms with Crippen molar-refractivity contribution in [1.82, 2.24) is 14.9 Å². The molecule has 2 rings (SSSR count). The van der Waals surface area contributed by atoms with Gasteiger partial charge in [-0.15, -0.1) is 0 Å². The molecule has 0 bridgehead atoms. The second kappa shape index (κ2) is 6.71. The number of aromatic nitrogens is 2. The molecule has 130 valence electrons. The summed E-state index contributed by atoms with van der Waals surface area (Å²) < 4.78 is 7.13. The van der Waals surface area contributed by atoms with E-state index in [2.05, 4.69) is 66.4 Å². The molecular weight excluding hydrogens is 425 g/mol. The van der Waals surface area contributed by atoms with E-state index >= 15 is 0 Å². The highest BCUT2D eigenvalue weighted by atomic mass is 127. The molecule has 1 aromatic rings. The normalized spacial score (nSPS) is 22.6. The molecule has 0 aliphatic carbocycles. The number of nitrogens with zero attached hydrogens (tertiary/aromatic N) is 2. The predicted molar refractivity (Wildman–Crippen MR) is 100 cm³/mol. The van der Waals surface area contributed by atoms with E-state index in [4.69, 9.17) is 4.43 Å². The summed E-state index contributed by atoms with van der Waals surface area (Å²) in [7, 11) is -1.81. The first-order valence-corrected chi connectivity index (χ1v) is 11.8. The van der Waals surface area contributed by atoms with Crippen LogP contribution in [-0.2, 0) is 4.43 Å². The van der Waals surface area contributed by atoms with Crippen LogP contribution in [0.1, 0.15) is 39.1 Å². The number of carbonyl (C=O) groups is 1. The fourth-order valence-electron chi connectivity index (χ4n) is 2.54. The minimum atomic E-state index is -1.81. The van der Waals surface area contributed by atoms with Gasteiger partial charge in [0.2, 0.25) is 0 Å². The number of imidazole rings is 1. The van der Waals surface area contributed by atoms with Crippen LogP contribution in [0.25, 0.3) is 0 Å². The van der Waals surface area contributed by atoms with Crippen molar-refractivity contribution in [3.63, 3.8) is 0 Å². The molecule has 2 N–H and O–H groups in total. The predicted octanol–water partition coefficient (Wildman–Crippen LogP) is 4.08. The molecule has 1 fully saturated rings. The average molecular weight is 451 g/mol. The van der Waals surface area contributed by atoms with Gasteiger partial charge in [0.05, 0.1) is 6.04 Å². The Morgan fingerprint density at radius 2 is 2.22 bits per heavy atom. The van der Waals surface area contributed by atoms with Gasteiger partial charge in [0.1, 0.15) is 9.53 Å². The van der Waals surface area contributed by atoms with Gasteiger partial charge in [-0.25, -0.2) is 9.78 Å². The lowest BCUT2D eigenvalue weighted by Gasteiger charge is -2.36. The van der Waals surface area contributed by atoms with Crippen LogP contribution in [0.3, 0.4) is 0 Å². The van der Waals surface area contributed by atoms with Crippen molar-refractivity contribution < 1.29 is 14.3 Å². The Balaban J connectivity index is 2.05. The highest BCUT2D eigenvalue weighted by Gasteiger charge is 2.41. The number of nitrogens with one attached hydrogen (secondary N) is 1. The van der Waals surface area contributed by atoms with Crippen molar-refractivity contribution in [3.05, 3.63) is 15.7 Å². The molecular formula is C15H26IN3O3Si. The number of aromatic amines is 1. The second-order valence-electron chi connectivity index (χ2n) is 7.73. The maximum atomic E-state index is 11.5. The molecule has 23 heavy (non-hydrogen) atoms. The molecule has 0 unspecified atom stereocenters. The van der Waals surface area contributed by atoms with E-state index in [1.807, 2.05) is 0 Å². The monoisotopic (exact) mass is 451 g/mol. The number of hydrogen-bond acceptors (Lipinski definition) is 3. The Labute approximate surface area is 152 Å². The van der Waals surface area contributed by atoms with Gasteiger partial charge in [-0.05, 0) is 47.1 Å². The first-order valence-electron chi connectivity index (χ1n) is 7.85. The minimum absolute atomic E-state index is 0.161. The lowest BCUT2D eigenvalue weighted by molar-refractivity contribution is 0.136. The van der Waals surface area contributed by atoms with Crippen molar-refractivity contribution in [2.45, 2.75) is 51.4 Å². The van der Waals surface area contributed by atoms with Crippen LogP contribution in [0.4, 0.5) is 4.79 Å². The molecule has 1 aromatic heterocycles. The van der Waals surface area contributed by atoms with Crippen LogP contribution in [0.2, 0.25) is 18.1 Å².